The molecule has 1 aromatic carbocycles. The van der Waals surface area contributed by atoms with E-state index in [4.69, 9.17) is 5.73 Å². The van der Waals surface area contributed by atoms with Crippen LogP contribution in [0.1, 0.15) is 28.3 Å². The van der Waals surface area contributed by atoms with Crippen molar-refractivity contribution >= 4 is 22.4 Å². The number of hydrogen-bond donors (Lipinski definition) is 2. The zero-order valence-corrected chi connectivity index (χ0v) is 10.4. The van der Waals surface area contributed by atoms with Crippen LogP contribution in [0.15, 0.2) is 24.3 Å². The van der Waals surface area contributed by atoms with Gasteiger partial charge in [0, 0.05) is 0 Å². The van der Waals surface area contributed by atoms with Crippen molar-refractivity contribution in [2.75, 3.05) is 5.32 Å². The monoisotopic (exact) mass is 266 g/mol. The molecule has 1 unspecified atom stereocenters. The van der Waals surface area contributed by atoms with Crippen LogP contribution < -0.4 is 11.1 Å². The maximum atomic E-state index is 13.4. The van der Waals surface area contributed by atoms with Crippen molar-refractivity contribution in [3.63, 3.8) is 0 Å². The number of carbonyl (C=O) groups is 1. The zero-order valence-electron chi connectivity index (χ0n) is 9.55. The van der Waals surface area contributed by atoms with Crippen molar-refractivity contribution in [3.05, 3.63) is 40.7 Å². The van der Waals surface area contributed by atoms with Gasteiger partial charge in [0.25, 0.3) is 5.91 Å². The lowest BCUT2D eigenvalue weighted by Crippen LogP contribution is -2.13. The van der Waals surface area contributed by atoms with E-state index in [1.807, 2.05) is 0 Å². The molecule has 1 atom stereocenters. The van der Waals surface area contributed by atoms with E-state index in [1.165, 1.54) is 29.5 Å². The molecule has 5 nitrogen and oxygen atoms in total. The van der Waals surface area contributed by atoms with Gasteiger partial charge in [0.15, 0.2) is 0 Å². The zero-order chi connectivity index (χ0) is 13.1. The summed E-state index contributed by atoms with van der Waals surface area (Å²) in [5.74, 6) is -1.13. The number of aromatic nitrogens is 2. The molecular formula is C11H11FN4OS. The molecule has 94 valence electrons. The molecular weight excluding hydrogens is 255 g/mol. The third-order valence-electron chi connectivity index (χ3n) is 2.17. The smallest absolute Gasteiger partial charge is 0.260 e. The highest BCUT2D eigenvalue weighted by atomic mass is 32.1. The first-order valence-corrected chi connectivity index (χ1v) is 6.04. The second kappa shape index (κ2) is 5.19. The van der Waals surface area contributed by atoms with E-state index in [-0.39, 0.29) is 11.6 Å². The normalized spacial score (nSPS) is 12.2. The summed E-state index contributed by atoms with van der Waals surface area (Å²) < 4.78 is 13.4. The van der Waals surface area contributed by atoms with Gasteiger partial charge in [-0.3, -0.25) is 10.1 Å². The number of halogens is 1. The van der Waals surface area contributed by atoms with Gasteiger partial charge >= 0.3 is 0 Å². The first-order valence-electron chi connectivity index (χ1n) is 5.23. The van der Waals surface area contributed by atoms with Crippen LogP contribution in [0.3, 0.4) is 0 Å². The van der Waals surface area contributed by atoms with E-state index in [2.05, 4.69) is 15.5 Å². The Hall–Kier alpha value is -1.86. The fraction of sp³-hybridized carbons (Fsp3) is 0.182. The third-order valence-corrected chi connectivity index (χ3v) is 3.21. The SMILES string of the molecule is CC(N)c1nnc(NC(=O)c2ccccc2F)s1. The average molecular weight is 266 g/mol. The molecule has 0 spiro atoms. The Morgan fingerprint density at radius 2 is 2.17 bits per heavy atom. The minimum absolute atomic E-state index is 0.0324. The number of carbonyl (C=O) groups excluding carboxylic acids is 1. The molecule has 1 amide bonds. The van der Waals surface area contributed by atoms with E-state index in [0.717, 1.165) is 0 Å². The highest BCUT2D eigenvalue weighted by Gasteiger charge is 2.14. The van der Waals surface area contributed by atoms with Crippen LogP contribution in [0.5, 0.6) is 0 Å². The lowest BCUT2D eigenvalue weighted by molar-refractivity contribution is 0.102. The summed E-state index contributed by atoms with van der Waals surface area (Å²) in [6.07, 6.45) is 0. The summed E-state index contributed by atoms with van der Waals surface area (Å²) in [6, 6.07) is 5.48. The summed E-state index contributed by atoms with van der Waals surface area (Å²) >= 11 is 1.17. The minimum atomic E-state index is -0.577. The van der Waals surface area contributed by atoms with Crippen LogP contribution in [0.2, 0.25) is 0 Å². The van der Waals surface area contributed by atoms with Gasteiger partial charge in [0.2, 0.25) is 5.13 Å². The van der Waals surface area contributed by atoms with E-state index < -0.39 is 11.7 Å². The predicted molar refractivity (Wildman–Crippen MR) is 66.9 cm³/mol. The van der Waals surface area contributed by atoms with Crippen LogP contribution in [-0.2, 0) is 0 Å². The van der Waals surface area contributed by atoms with Gasteiger partial charge in [0.05, 0.1) is 11.6 Å². The Morgan fingerprint density at radius 3 is 2.78 bits per heavy atom. The average Bonchev–Trinajstić information content (AvgIpc) is 2.78. The van der Waals surface area contributed by atoms with E-state index in [1.54, 1.807) is 13.0 Å². The van der Waals surface area contributed by atoms with Gasteiger partial charge in [-0.15, -0.1) is 10.2 Å². The lowest BCUT2D eigenvalue weighted by atomic mass is 10.2. The molecule has 0 fully saturated rings. The van der Waals surface area contributed by atoms with Crippen molar-refractivity contribution in [2.24, 2.45) is 5.73 Å². The molecule has 1 heterocycles. The van der Waals surface area contributed by atoms with E-state index in [0.29, 0.717) is 10.1 Å². The van der Waals surface area contributed by atoms with Gasteiger partial charge in [0.1, 0.15) is 10.8 Å². The highest BCUT2D eigenvalue weighted by Crippen LogP contribution is 2.20. The first-order chi connectivity index (χ1) is 8.58. The third kappa shape index (κ3) is 2.69. The molecule has 2 aromatic rings. The van der Waals surface area contributed by atoms with Gasteiger partial charge in [-0.1, -0.05) is 23.5 Å². The van der Waals surface area contributed by atoms with Crippen LogP contribution in [0.25, 0.3) is 0 Å². The number of hydrogen-bond acceptors (Lipinski definition) is 5. The topological polar surface area (TPSA) is 80.9 Å². The van der Waals surface area contributed by atoms with Crippen molar-refractivity contribution < 1.29 is 9.18 Å². The maximum absolute atomic E-state index is 13.4. The quantitative estimate of drug-likeness (QED) is 0.889. The largest absolute Gasteiger partial charge is 0.322 e. The molecule has 0 aliphatic rings. The van der Waals surface area contributed by atoms with Crippen molar-refractivity contribution in [1.29, 1.82) is 0 Å². The highest BCUT2D eigenvalue weighted by molar-refractivity contribution is 7.15. The summed E-state index contributed by atoms with van der Waals surface area (Å²) in [4.78, 5) is 11.8. The lowest BCUT2D eigenvalue weighted by Gasteiger charge is -2.01. The molecule has 0 radical (unpaired) electrons. The summed E-state index contributed by atoms with van der Waals surface area (Å²) in [5.41, 5.74) is 5.60. The summed E-state index contributed by atoms with van der Waals surface area (Å²) in [6.45, 7) is 1.77. The molecule has 1 aromatic heterocycles. The Bertz CT molecular complexity index is 570. The number of nitrogens with one attached hydrogen (secondary N) is 1. The van der Waals surface area contributed by atoms with Crippen LogP contribution in [0.4, 0.5) is 9.52 Å². The van der Waals surface area contributed by atoms with Crippen molar-refractivity contribution in [1.82, 2.24) is 10.2 Å². The fourth-order valence-corrected chi connectivity index (χ4v) is 1.97. The number of amides is 1. The Labute approximate surface area is 107 Å². The molecule has 2 rings (SSSR count). The van der Waals surface area contributed by atoms with Gasteiger partial charge in [-0.05, 0) is 19.1 Å². The standard InChI is InChI=1S/C11H11FN4OS/c1-6(13)10-15-16-11(18-10)14-9(17)7-4-2-3-5-8(7)12/h2-6H,13H2,1H3,(H,14,16,17). The van der Waals surface area contributed by atoms with E-state index in [9.17, 15) is 9.18 Å². The van der Waals surface area contributed by atoms with Gasteiger partial charge < -0.3 is 5.73 Å². The number of benzene rings is 1. The Balaban J connectivity index is 2.14. The van der Waals surface area contributed by atoms with Crippen LogP contribution in [0, 0.1) is 5.82 Å². The summed E-state index contributed by atoms with van der Waals surface area (Å²) in [5, 5.41) is 11.0. The second-order valence-electron chi connectivity index (χ2n) is 3.67. The van der Waals surface area contributed by atoms with Crippen LogP contribution in [-0.4, -0.2) is 16.1 Å². The molecule has 3 N–H and O–H groups in total. The fourth-order valence-electron chi connectivity index (χ4n) is 1.28. The molecule has 0 saturated carbocycles. The minimum Gasteiger partial charge on any atom is -0.322 e. The number of anilines is 1. The molecule has 18 heavy (non-hydrogen) atoms. The maximum Gasteiger partial charge on any atom is 0.260 e. The molecule has 0 aliphatic heterocycles. The molecule has 7 heteroatoms. The van der Waals surface area contributed by atoms with Gasteiger partial charge in [-0.2, -0.15) is 0 Å². The Kier molecular flexibility index (Phi) is 3.63. The molecule has 0 bridgehead atoms. The predicted octanol–water partition coefficient (Wildman–Crippen LogP) is 1.95. The number of rotatable bonds is 3. The first kappa shape index (κ1) is 12.6. The van der Waals surface area contributed by atoms with E-state index >= 15 is 0 Å². The van der Waals surface area contributed by atoms with Gasteiger partial charge in [-0.25, -0.2) is 4.39 Å². The summed E-state index contributed by atoms with van der Waals surface area (Å²) in [7, 11) is 0. The van der Waals surface area contributed by atoms with Crippen molar-refractivity contribution in [2.45, 2.75) is 13.0 Å². The molecule has 0 aliphatic carbocycles. The van der Waals surface area contributed by atoms with Crippen LogP contribution >= 0.6 is 11.3 Å². The number of nitrogens with two attached hydrogens (primary N) is 1. The molecule has 0 saturated heterocycles. The second-order valence-corrected chi connectivity index (χ2v) is 4.68. The number of nitrogens with zero attached hydrogens (tertiary/aromatic N) is 2. The van der Waals surface area contributed by atoms with Crippen molar-refractivity contribution in [3.8, 4) is 0 Å². The Morgan fingerprint density at radius 1 is 1.44 bits per heavy atom.